The van der Waals surface area contributed by atoms with Gasteiger partial charge in [0.05, 0.1) is 27.4 Å². The van der Waals surface area contributed by atoms with Crippen LogP contribution in [0.4, 0.5) is 11.6 Å². The van der Waals surface area contributed by atoms with Gasteiger partial charge >= 0.3 is 0 Å². The first-order chi connectivity index (χ1) is 18.4. The van der Waals surface area contributed by atoms with Crippen molar-refractivity contribution < 1.29 is 19.0 Å². The first kappa shape index (κ1) is 26.8. The minimum absolute atomic E-state index is 0.0589. The summed E-state index contributed by atoms with van der Waals surface area (Å²) < 4.78 is 18.3. The quantitative estimate of drug-likeness (QED) is 0.455. The standard InChI is InChI=1S/C27H33N7O4/c1-18-14-29-27(30-21-12-22(36-3)25(38-5)23(13-21)37-4)31-26(18)34-15-19(2)20(17-34)16-32-8-10-33(11-9-32)24(35)6-7-28/h12-15,17H,6,8-11,16H2,1-5H3,(H,29,30,31). The number of benzene rings is 1. The summed E-state index contributed by atoms with van der Waals surface area (Å²) in [5.74, 6) is 2.69. The summed E-state index contributed by atoms with van der Waals surface area (Å²) >= 11 is 0. The fourth-order valence-corrected chi connectivity index (χ4v) is 4.50. The van der Waals surface area contributed by atoms with Crippen molar-refractivity contribution in [1.29, 1.82) is 5.26 Å². The van der Waals surface area contributed by atoms with E-state index in [2.05, 4.69) is 34.5 Å². The van der Waals surface area contributed by atoms with Crippen molar-refractivity contribution in [3.8, 4) is 29.1 Å². The fraction of sp³-hybridized carbons (Fsp3) is 0.407. The monoisotopic (exact) mass is 519 g/mol. The molecule has 2 aromatic heterocycles. The minimum Gasteiger partial charge on any atom is -0.493 e. The van der Waals surface area contributed by atoms with Gasteiger partial charge in [-0.15, -0.1) is 0 Å². The fourth-order valence-electron chi connectivity index (χ4n) is 4.50. The number of hydrogen-bond donors (Lipinski definition) is 1. The Balaban J connectivity index is 1.50. The molecule has 1 aliphatic heterocycles. The van der Waals surface area contributed by atoms with Crippen molar-refractivity contribution in [2.24, 2.45) is 0 Å². The van der Waals surface area contributed by atoms with Crippen LogP contribution >= 0.6 is 0 Å². The van der Waals surface area contributed by atoms with Gasteiger partial charge in [0.1, 0.15) is 12.2 Å². The van der Waals surface area contributed by atoms with Crippen molar-refractivity contribution in [1.82, 2.24) is 24.3 Å². The maximum absolute atomic E-state index is 12.0. The number of methoxy groups -OCH3 is 3. The zero-order chi connectivity index (χ0) is 27.2. The van der Waals surface area contributed by atoms with E-state index >= 15 is 0 Å². The predicted molar refractivity (Wildman–Crippen MR) is 142 cm³/mol. The van der Waals surface area contributed by atoms with Crippen molar-refractivity contribution in [2.75, 3.05) is 52.8 Å². The van der Waals surface area contributed by atoms with Crippen LogP contribution in [0.25, 0.3) is 5.82 Å². The third-order valence-electron chi connectivity index (χ3n) is 6.59. The average Bonchev–Trinajstić information content (AvgIpc) is 3.29. The number of carbonyl (C=O) groups is 1. The first-order valence-electron chi connectivity index (χ1n) is 12.3. The molecule has 0 unspecified atom stereocenters. The van der Waals surface area contributed by atoms with Crippen molar-refractivity contribution in [3.63, 3.8) is 0 Å². The third kappa shape index (κ3) is 5.81. The second-order valence-corrected chi connectivity index (χ2v) is 9.10. The summed E-state index contributed by atoms with van der Waals surface area (Å²) in [6.07, 6.45) is 5.90. The zero-order valence-electron chi connectivity index (χ0n) is 22.4. The van der Waals surface area contributed by atoms with E-state index < -0.39 is 0 Å². The molecule has 38 heavy (non-hydrogen) atoms. The number of hydrogen-bond acceptors (Lipinski definition) is 9. The van der Waals surface area contributed by atoms with Crippen LogP contribution in [-0.4, -0.2) is 77.8 Å². The molecular formula is C27H33N7O4. The number of nitriles is 1. The SMILES string of the molecule is COc1cc(Nc2ncc(C)c(-n3cc(C)c(CN4CCN(C(=O)CC#N)CC4)c3)n2)cc(OC)c1OC. The highest BCUT2D eigenvalue weighted by atomic mass is 16.5. The highest BCUT2D eigenvalue weighted by Crippen LogP contribution is 2.40. The molecule has 0 atom stereocenters. The molecule has 0 bridgehead atoms. The smallest absolute Gasteiger partial charge is 0.236 e. The normalized spacial score (nSPS) is 13.6. The summed E-state index contributed by atoms with van der Waals surface area (Å²) in [5, 5.41) is 12.0. The lowest BCUT2D eigenvalue weighted by atomic mass is 10.2. The van der Waals surface area contributed by atoms with Crippen LogP contribution < -0.4 is 19.5 Å². The molecule has 1 saturated heterocycles. The maximum atomic E-state index is 12.0. The van der Waals surface area contributed by atoms with E-state index in [1.807, 2.05) is 17.6 Å². The summed E-state index contributed by atoms with van der Waals surface area (Å²) in [7, 11) is 4.71. The molecule has 3 heterocycles. The third-order valence-corrected chi connectivity index (χ3v) is 6.59. The Morgan fingerprint density at radius 2 is 1.71 bits per heavy atom. The van der Waals surface area contributed by atoms with E-state index in [-0.39, 0.29) is 12.3 Å². The van der Waals surface area contributed by atoms with E-state index in [4.69, 9.17) is 24.5 Å². The van der Waals surface area contributed by atoms with Crippen molar-refractivity contribution in [3.05, 3.63) is 47.4 Å². The number of anilines is 2. The van der Waals surface area contributed by atoms with Crippen molar-refractivity contribution in [2.45, 2.75) is 26.8 Å². The Morgan fingerprint density at radius 1 is 1.03 bits per heavy atom. The molecule has 3 aromatic rings. The van der Waals surface area contributed by atoms with Crippen LogP contribution in [0.1, 0.15) is 23.1 Å². The van der Waals surface area contributed by atoms with E-state index in [1.54, 1.807) is 44.6 Å². The lowest BCUT2D eigenvalue weighted by Gasteiger charge is -2.34. The molecule has 0 saturated carbocycles. The molecule has 0 aliphatic carbocycles. The van der Waals surface area contributed by atoms with Crippen LogP contribution in [0.2, 0.25) is 0 Å². The summed E-state index contributed by atoms with van der Waals surface area (Å²) in [6, 6.07) is 5.54. The average molecular weight is 520 g/mol. The molecule has 1 aromatic carbocycles. The second kappa shape index (κ2) is 11.8. The van der Waals surface area contributed by atoms with Crippen LogP contribution in [0, 0.1) is 25.2 Å². The second-order valence-electron chi connectivity index (χ2n) is 9.10. The molecule has 4 rings (SSSR count). The van der Waals surface area contributed by atoms with Gasteiger partial charge in [0, 0.05) is 74.7 Å². The Kier molecular flexibility index (Phi) is 8.33. The molecule has 1 fully saturated rings. The maximum Gasteiger partial charge on any atom is 0.236 e. The van der Waals surface area contributed by atoms with Gasteiger partial charge in [0.15, 0.2) is 11.5 Å². The number of ether oxygens (including phenoxy) is 3. The van der Waals surface area contributed by atoms with Gasteiger partial charge in [-0.05, 0) is 25.0 Å². The largest absolute Gasteiger partial charge is 0.493 e. The van der Waals surface area contributed by atoms with Gasteiger partial charge in [0.25, 0.3) is 0 Å². The Hall–Kier alpha value is -4.30. The van der Waals surface area contributed by atoms with Gasteiger partial charge in [-0.25, -0.2) is 4.98 Å². The Labute approximate surface area is 222 Å². The number of amides is 1. The van der Waals surface area contributed by atoms with E-state index in [1.165, 1.54) is 5.56 Å². The molecule has 11 heteroatoms. The molecule has 0 radical (unpaired) electrons. The number of piperazine rings is 1. The van der Waals surface area contributed by atoms with Gasteiger partial charge in [0.2, 0.25) is 17.6 Å². The number of aryl methyl sites for hydroxylation is 2. The number of carbonyl (C=O) groups excluding carboxylic acids is 1. The predicted octanol–water partition coefficient (Wildman–Crippen LogP) is 3.21. The van der Waals surface area contributed by atoms with Gasteiger partial charge in [-0.3, -0.25) is 9.69 Å². The van der Waals surface area contributed by atoms with Gasteiger partial charge < -0.3 is 29.0 Å². The molecule has 1 aliphatic rings. The molecule has 11 nitrogen and oxygen atoms in total. The molecule has 0 spiro atoms. The van der Waals surface area contributed by atoms with Gasteiger partial charge in [-0.1, -0.05) is 0 Å². The van der Waals surface area contributed by atoms with Crippen LogP contribution in [0.5, 0.6) is 17.2 Å². The topological polar surface area (TPSA) is 118 Å². The van der Waals surface area contributed by atoms with Crippen LogP contribution in [-0.2, 0) is 11.3 Å². The van der Waals surface area contributed by atoms with E-state index in [0.717, 1.165) is 36.6 Å². The molecule has 1 amide bonds. The number of aromatic nitrogens is 3. The van der Waals surface area contributed by atoms with E-state index in [9.17, 15) is 4.79 Å². The molecular weight excluding hydrogens is 486 g/mol. The number of nitrogens with zero attached hydrogens (tertiary/aromatic N) is 6. The van der Waals surface area contributed by atoms with Crippen molar-refractivity contribution >= 4 is 17.5 Å². The zero-order valence-corrected chi connectivity index (χ0v) is 22.4. The molecule has 200 valence electrons. The number of rotatable bonds is 9. The summed E-state index contributed by atoms with van der Waals surface area (Å²) in [4.78, 5) is 25.3. The lowest BCUT2D eigenvalue weighted by Crippen LogP contribution is -2.48. The first-order valence-corrected chi connectivity index (χ1v) is 12.3. The Morgan fingerprint density at radius 3 is 2.32 bits per heavy atom. The van der Waals surface area contributed by atoms with E-state index in [0.29, 0.717) is 42.0 Å². The van der Waals surface area contributed by atoms with Gasteiger partial charge in [-0.2, -0.15) is 10.2 Å². The summed E-state index contributed by atoms with van der Waals surface area (Å²) in [6.45, 7) is 7.67. The van der Waals surface area contributed by atoms with Crippen LogP contribution in [0.15, 0.2) is 30.7 Å². The van der Waals surface area contributed by atoms with Crippen LogP contribution in [0.3, 0.4) is 0 Å². The highest BCUT2D eigenvalue weighted by molar-refractivity contribution is 5.78. The minimum atomic E-state index is -0.0929. The highest BCUT2D eigenvalue weighted by Gasteiger charge is 2.22. The lowest BCUT2D eigenvalue weighted by molar-refractivity contribution is -0.131. The Bertz CT molecular complexity index is 1310. The molecule has 1 N–H and O–H groups in total. The number of nitrogens with one attached hydrogen (secondary N) is 1. The summed E-state index contributed by atoms with van der Waals surface area (Å²) in [5.41, 5.74) is 3.99.